The van der Waals surface area contributed by atoms with Crippen molar-refractivity contribution in [3.8, 4) is 17.0 Å². The molecule has 3 aromatic rings. The lowest BCUT2D eigenvalue weighted by atomic mass is 10.1. The summed E-state index contributed by atoms with van der Waals surface area (Å²) in [6.07, 6.45) is -2.68. The van der Waals surface area contributed by atoms with Crippen LogP contribution in [-0.2, 0) is 0 Å². The average molecular weight is 538 g/mol. The lowest BCUT2D eigenvalue weighted by Crippen LogP contribution is -2.46. The van der Waals surface area contributed by atoms with E-state index < -0.39 is 48.6 Å². The molecule has 2 atom stereocenters. The standard InChI is InChI=1S/C25H23F4N3O4S/c1-13(36-16-5-7-19(30-12-16)23(34)14-2-3-14)21-11-20(32-37-21)15-4-6-17(18(26)10-15)24(35)31-22(8-9-33)25(27,28)29/h4-7,10-14,22,33H,2-3,8-9H2,1H3,(H,31,35)/t13-,22-/m1/s1. The summed E-state index contributed by atoms with van der Waals surface area (Å²) < 4.78 is 63.8. The molecule has 0 saturated heterocycles. The smallest absolute Gasteiger partial charge is 0.408 e. The highest BCUT2D eigenvalue weighted by atomic mass is 32.1. The Labute approximate surface area is 213 Å². The van der Waals surface area contributed by atoms with Crippen LogP contribution >= 0.6 is 11.5 Å². The van der Waals surface area contributed by atoms with Crippen LogP contribution in [0.5, 0.6) is 5.75 Å². The molecule has 0 bridgehead atoms. The van der Waals surface area contributed by atoms with E-state index in [1.54, 1.807) is 30.4 Å². The van der Waals surface area contributed by atoms with Gasteiger partial charge in [-0.05, 0) is 68.1 Å². The number of amides is 1. The number of alkyl halides is 3. The number of pyridine rings is 1. The van der Waals surface area contributed by atoms with Crippen molar-refractivity contribution in [1.82, 2.24) is 14.7 Å². The molecule has 1 aliphatic rings. The van der Waals surface area contributed by atoms with Crippen LogP contribution in [0.15, 0.2) is 42.6 Å². The quantitative estimate of drug-likeness (QED) is 0.275. The topological polar surface area (TPSA) is 101 Å². The number of aliphatic hydroxyl groups is 1. The fourth-order valence-corrected chi connectivity index (χ4v) is 4.29. The number of hydrogen-bond donors (Lipinski definition) is 2. The number of nitrogens with zero attached hydrogens (tertiary/aromatic N) is 2. The van der Waals surface area contributed by atoms with E-state index in [2.05, 4.69) is 9.36 Å². The van der Waals surface area contributed by atoms with Gasteiger partial charge in [0.05, 0.1) is 22.3 Å². The first-order valence-corrected chi connectivity index (χ1v) is 12.3. The third kappa shape index (κ3) is 6.50. The van der Waals surface area contributed by atoms with Crippen molar-refractivity contribution in [2.45, 2.75) is 44.5 Å². The normalized spacial score (nSPS) is 15.2. The van der Waals surface area contributed by atoms with Crippen LogP contribution in [0, 0.1) is 11.7 Å². The lowest BCUT2D eigenvalue weighted by Gasteiger charge is -2.21. The van der Waals surface area contributed by atoms with Crippen LogP contribution in [0.3, 0.4) is 0 Å². The van der Waals surface area contributed by atoms with Crippen molar-refractivity contribution in [2.75, 3.05) is 6.61 Å². The summed E-state index contributed by atoms with van der Waals surface area (Å²) in [4.78, 5) is 29.2. The number of benzene rings is 1. The van der Waals surface area contributed by atoms with Gasteiger partial charge in [0.2, 0.25) is 0 Å². The van der Waals surface area contributed by atoms with Crippen LogP contribution < -0.4 is 10.1 Å². The Morgan fingerprint density at radius 1 is 1.22 bits per heavy atom. The van der Waals surface area contributed by atoms with Gasteiger partial charge in [-0.25, -0.2) is 9.37 Å². The first kappa shape index (κ1) is 26.7. The molecule has 0 unspecified atom stereocenters. The predicted octanol–water partition coefficient (Wildman–Crippen LogP) is 5.12. The lowest BCUT2D eigenvalue weighted by molar-refractivity contribution is -0.156. The summed E-state index contributed by atoms with van der Waals surface area (Å²) in [5, 5.41) is 10.5. The highest BCUT2D eigenvalue weighted by Crippen LogP contribution is 2.33. The molecule has 1 saturated carbocycles. The summed E-state index contributed by atoms with van der Waals surface area (Å²) in [5.74, 6) is -1.67. The fourth-order valence-electron chi connectivity index (χ4n) is 3.57. The molecule has 1 aromatic carbocycles. The maximum atomic E-state index is 14.6. The van der Waals surface area contributed by atoms with Gasteiger partial charge in [-0.15, -0.1) is 0 Å². The van der Waals surface area contributed by atoms with Crippen molar-refractivity contribution in [2.24, 2.45) is 5.92 Å². The van der Waals surface area contributed by atoms with Gasteiger partial charge >= 0.3 is 6.18 Å². The van der Waals surface area contributed by atoms with Crippen molar-refractivity contribution >= 4 is 23.2 Å². The minimum atomic E-state index is -4.78. The molecule has 1 amide bonds. The van der Waals surface area contributed by atoms with E-state index in [4.69, 9.17) is 9.84 Å². The number of ketones is 1. The number of rotatable bonds is 10. The first-order valence-electron chi connectivity index (χ1n) is 11.5. The van der Waals surface area contributed by atoms with Crippen molar-refractivity contribution < 1.29 is 37.0 Å². The Balaban J connectivity index is 1.41. The highest BCUT2D eigenvalue weighted by Gasteiger charge is 2.40. The number of halogens is 4. The molecule has 1 fully saturated rings. The van der Waals surface area contributed by atoms with E-state index >= 15 is 0 Å². The molecule has 2 heterocycles. The SMILES string of the molecule is C[C@@H](Oc1ccc(C(=O)C2CC2)nc1)c1cc(-c2ccc(C(=O)N[C@H](CCO)C(F)(F)F)c(F)c2)ns1. The molecule has 2 N–H and O–H groups in total. The Morgan fingerprint density at radius 2 is 1.97 bits per heavy atom. The van der Waals surface area contributed by atoms with Crippen LogP contribution in [0.4, 0.5) is 17.6 Å². The number of carbonyl (C=O) groups excluding carboxylic acids is 2. The summed E-state index contributed by atoms with van der Waals surface area (Å²) in [6.45, 7) is 1.00. The molecule has 0 spiro atoms. The van der Waals surface area contributed by atoms with Gasteiger partial charge in [0.1, 0.15) is 29.4 Å². The Bertz CT molecular complexity index is 1280. The average Bonchev–Trinajstić information content (AvgIpc) is 3.58. The molecular formula is C25H23F4N3O4S. The van der Waals surface area contributed by atoms with Crippen LogP contribution in [0.2, 0.25) is 0 Å². The number of aromatic nitrogens is 2. The van der Waals surface area contributed by atoms with Crippen molar-refractivity contribution in [3.63, 3.8) is 0 Å². The number of aliphatic hydroxyl groups excluding tert-OH is 1. The summed E-state index contributed by atoms with van der Waals surface area (Å²) >= 11 is 1.12. The molecule has 0 radical (unpaired) electrons. The zero-order chi connectivity index (χ0) is 26.7. The largest absolute Gasteiger partial charge is 0.484 e. The monoisotopic (exact) mass is 537 g/mol. The Kier molecular flexibility index (Phi) is 7.88. The van der Waals surface area contributed by atoms with Gasteiger partial charge in [-0.3, -0.25) is 9.59 Å². The van der Waals surface area contributed by atoms with Crippen LogP contribution in [0.25, 0.3) is 11.3 Å². The number of carbonyl (C=O) groups is 2. The van der Waals surface area contributed by atoms with Crippen LogP contribution in [0.1, 0.15) is 58.0 Å². The summed E-state index contributed by atoms with van der Waals surface area (Å²) in [6, 6.07) is 6.18. The van der Waals surface area contributed by atoms with E-state index in [0.717, 1.165) is 36.5 Å². The molecule has 7 nitrogen and oxygen atoms in total. The van der Waals surface area contributed by atoms with Crippen molar-refractivity contribution in [3.05, 3.63) is 64.5 Å². The van der Waals surface area contributed by atoms with E-state index in [1.807, 2.05) is 0 Å². The summed E-state index contributed by atoms with van der Waals surface area (Å²) in [7, 11) is 0. The number of Topliss-reactive ketones (excluding diaryl/α,β-unsaturated/α-hetero) is 1. The van der Waals surface area contributed by atoms with Crippen LogP contribution in [-0.4, -0.2) is 45.0 Å². The fraction of sp³-hybridized carbons (Fsp3) is 0.360. The third-order valence-electron chi connectivity index (χ3n) is 5.81. The van der Waals surface area contributed by atoms with Gasteiger partial charge in [-0.1, -0.05) is 6.07 Å². The van der Waals surface area contributed by atoms with E-state index in [-0.39, 0.29) is 11.7 Å². The van der Waals surface area contributed by atoms with Gasteiger partial charge in [0, 0.05) is 18.1 Å². The second kappa shape index (κ2) is 10.9. The predicted molar refractivity (Wildman–Crippen MR) is 127 cm³/mol. The molecular weight excluding hydrogens is 514 g/mol. The third-order valence-corrected chi connectivity index (χ3v) is 6.76. The molecule has 4 rings (SSSR count). The second-order valence-electron chi connectivity index (χ2n) is 8.67. The van der Waals surface area contributed by atoms with E-state index in [9.17, 15) is 27.2 Å². The number of hydrogen-bond acceptors (Lipinski definition) is 7. The summed E-state index contributed by atoms with van der Waals surface area (Å²) in [5.41, 5.74) is 0.581. The molecule has 12 heteroatoms. The molecule has 196 valence electrons. The zero-order valence-electron chi connectivity index (χ0n) is 19.6. The van der Waals surface area contributed by atoms with Gasteiger partial charge in [0.15, 0.2) is 5.78 Å². The minimum absolute atomic E-state index is 0.0350. The van der Waals surface area contributed by atoms with Gasteiger partial charge in [-0.2, -0.15) is 17.5 Å². The zero-order valence-corrected chi connectivity index (χ0v) is 20.4. The minimum Gasteiger partial charge on any atom is -0.484 e. The van der Waals surface area contributed by atoms with E-state index in [1.165, 1.54) is 12.3 Å². The highest BCUT2D eigenvalue weighted by molar-refractivity contribution is 7.06. The maximum absolute atomic E-state index is 14.6. The van der Waals surface area contributed by atoms with Crippen molar-refractivity contribution in [1.29, 1.82) is 0 Å². The second-order valence-corrected chi connectivity index (χ2v) is 9.50. The first-order chi connectivity index (χ1) is 17.6. The number of ether oxygens (including phenoxy) is 1. The molecule has 37 heavy (non-hydrogen) atoms. The van der Waals surface area contributed by atoms with Gasteiger partial charge < -0.3 is 15.2 Å². The molecule has 0 aliphatic heterocycles. The Hall–Kier alpha value is -3.38. The molecule has 2 aromatic heterocycles. The Morgan fingerprint density at radius 3 is 2.57 bits per heavy atom. The van der Waals surface area contributed by atoms with Gasteiger partial charge in [0.25, 0.3) is 5.91 Å². The maximum Gasteiger partial charge on any atom is 0.408 e. The van der Waals surface area contributed by atoms with E-state index in [0.29, 0.717) is 27.6 Å². The number of nitrogens with one attached hydrogen (secondary N) is 1. The molecule has 1 aliphatic carbocycles.